The van der Waals surface area contributed by atoms with Gasteiger partial charge in [0.25, 0.3) is 0 Å². The summed E-state index contributed by atoms with van der Waals surface area (Å²) >= 11 is 0. The van der Waals surface area contributed by atoms with Crippen molar-refractivity contribution in [3.63, 3.8) is 0 Å². The normalized spacial score (nSPS) is 9.25. The zero-order chi connectivity index (χ0) is 3.41. The first kappa shape index (κ1) is 4.83. The minimum atomic E-state index is -0.174. The molecule has 0 spiro atoms. The van der Waals surface area contributed by atoms with Crippen LogP contribution in [0.15, 0.2) is 0 Å². The molecule has 4 heavy (non-hydrogen) atoms. The summed E-state index contributed by atoms with van der Waals surface area (Å²) in [6.45, 7) is 0. The maximum atomic E-state index is 9.29. The highest BCUT2D eigenvalue weighted by Crippen LogP contribution is 2.13. The number of hydrogen-bond acceptors (Lipinski definition) is 1. The lowest BCUT2D eigenvalue weighted by Gasteiger charge is -1.33. The summed E-state index contributed by atoms with van der Waals surface area (Å²) in [5.41, 5.74) is 0. The summed E-state index contributed by atoms with van der Waals surface area (Å²) in [5, 5.41) is 0. The van der Waals surface area contributed by atoms with Crippen molar-refractivity contribution in [2.24, 2.45) is 0 Å². The van der Waals surface area contributed by atoms with E-state index in [2.05, 4.69) is 8.93 Å². The molecular weight excluding hydrogens is 109 g/mol. The van der Waals surface area contributed by atoms with Gasteiger partial charge in [0.2, 0.25) is 0 Å². The first-order valence-electron chi connectivity index (χ1n) is 0.686. The van der Waals surface area contributed by atoms with E-state index in [9.17, 15) is 4.57 Å². The molecule has 0 aliphatic heterocycles. The average molecular weight is 112 g/mol. The fourth-order valence-corrected chi connectivity index (χ4v) is 0. The molecule has 0 heterocycles. The van der Waals surface area contributed by atoms with E-state index < -0.39 is 0 Å². The molecule has 2 atom stereocenters. The van der Waals surface area contributed by atoms with Crippen LogP contribution in [0.1, 0.15) is 0 Å². The molecule has 2 unspecified atom stereocenters. The smallest absolute Gasteiger partial charge is 0.110 e. The third-order valence-corrected chi connectivity index (χ3v) is 1.42. The Bertz CT molecular complexity index is 41.2. The fraction of sp³-hybridized carbons (Fsp3) is 0. The van der Waals surface area contributed by atoms with Gasteiger partial charge in [-0.2, -0.15) is 0 Å². The second kappa shape index (κ2) is 3.83. The predicted molar refractivity (Wildman–Crippen MR) is 25.6 cm³/mol. The van der Waals surface area contributed by atoms with Crippen molar-refractivity contribution in [2.45, 2.75) is 0 Å². The van der Waals surface area contributed by atoms with E-state index in [4.69, 9.17) is 0 Å². The van der Waals surface area contributed by atoms with Gasteiger partial charge in [0.15, 0.2) is 0 Å². The van der Waals surface area contributed by atoms with Gasteiger partial charge in [-0.1, -0.05) is 8.93 Å². The molecule has 0 saturated carbocycles. The molecule has 4 heteroatoms. The number of rotatable bonds is 0. The minimum absolute atomic E-state index is 0.174. The maximum absolute atomic E-state index is 9.29. The molecule has 0 bridgehead atoms. The summed E-state index contributed by atoms with van der Waals surface area (Å²) in [7, 11) is 3.04. The predicted octanol–water partition coefficient (Wildman–Crippen LogP) is 1.66. The molecule has 24 valence electrons. The Balaban J connectivity index is 3.11. The molecule has 0 aromatic heterocycles. The Kier molecular flexibility index (Phi) is 4.62. The monoisotopic (exact) mass is 112 g/mol. The van der Waals surface area contributed by atoms with E-state index in [0.29, 0.717) is 0 Å². The molecule has 1 nitrogen and oxygen atoms in total. The topological polar surface area (TPSA) is 17.1 Å². The highest BCUT2D eigenvalue weighted by Gasteiger charge is 1.29. The van der Waals surface area contributed by atoms with Crippen LogP contribution in [0.25, 0.3) is 0 Å². The maximum Gasteiger partial charge on any atom is 0.110 e. The Labute approximate surface area is 29.7 Å². The van der Waals surface area contributed by atoms with Gasteiger partial charge in [0.1, 0.15) is 7.75 Å². The van der Waals surface area contributed by atoms with Crippen molar-refractivity contribution in [1.82, 2.24) is 0 Å². The fourth-order valence-electron chi connectivity index (χ4n) is 0. The minimum Gasteiger partial charge on any atom is -0.281 e. The molecule has 0 aliphatic carbocycles. The Hall–Kier alpha value is 0.830. The molecular formula is H3OP3. The first-order valence-corrected chi connectivity index (χ1v) is 4.95. The number of hydrogen-bond donors (Lipinski definition) is 0. The average Bonchev–Trinajstić information content (AvgIpc) is 1.37. The van der Waals surface area contributed by atoms with Gasteiger partial charge in [-0.15, -0.1) is 0 Å². The van der Waals surface area contributed by atoms with E-state index >= 15 is 0 Å². The van der Waals surface area contributed by atoms with Gasteiger partial charge in [0, 0.05) is 0 Å². The second-order valence-electron chi connectivity index (χ2n) is 0.220. The van der Waals surface area contributed by atoms with Crippen LogP contribution in [0.4, 0.5) is 0 Å². The van der Waals surface area contributed by atoms with Gasteiger partial charge in [-0.05, 0) is 7.56 Å². The van der Waals surface area contributed by atoms with Crippen LogP contribution in [0.3, 0.4) is 0 Å². The Morgan fingerprint density at radius 2 is 2.25 bits per heavy atom. The van der Waals surface area contributed by atoms with Gasteiger partial charge in [-0.25, -0.2) is 0 Å². The van der Waals surface area contributed by atoms with E-state index in [0.717, 1.165) is 7.56 Å². The zero-order valence-electron chi connectivity index (χ0n) is 1.93. The van der Waals surface area contributed by atoms with E-state index in [-0.39, 0.29) is 7.75 Å². The third kappa shape index (κ3) is 2.83. The van der Waals surface area contributed by atoms with Crippen molar-refractivity contribution >= 4 is 24.2 Å². The lowest BCUT2D eigenvalue weighted by atomic mass is 16.0. The van der Waals surface area contributed by atoms with Crippen molar-refractivity contribution < 1.29 is 4.57 Å². The summed E-state index contributed by atoms with van der Waals surface area (Å²) in [5.74, 6) is 0. The van der Waals surface area contributed by atoms with Crippen LogP contribution in [-0.2, 0) is 4.57 Å². The van der Waals surface area contributed by atoms with Gasteiger partial charge >= 0.3 is 0 Å². The molecule has 0 fully saturated rings. The van der Waals surface area contributed by atoms with Gasteiger partial charge in [0.05, 0.1) is 0 Å². The third-order valence-electron chi connectivity index (χ3n) is 0.0527. The molecule has 0 saturated heterocycles. The van der Waals surface area contributed by atoms with Crippen LogP contribution in [0.2, 0.25) is 0 Å². The van der Waals surface area contributed by atoms with Crippen LogP contribution in [-0.4, -0.2) is 0 Å². The molecule has 0 N–H and O–H groups in total. The van der Waals surface area contributed by atoms with Crippen LogP contribution in [0, 0.1) is 0 Å². The summed E-state index contributed by atoms with van der Waals surface area (Å²) in [4.78, 5) is 0. The highest BCUT2D eigenvalue weighted by atomic mass is 32.2. The lowest BCUT2D eigenvalue weighted by Crippen LogP contribution is -0.654. The van der Waals surface area contributed by atoms with E-state index in [1.54, 1.807) is 0 Å². The largest absolute Gasteiger partial charge is 0.281 e. The highest BCUT2D eigenvalue weighted by molar-refractivity contribution is 8.16. The zero-order valence-corrected chi connectivity index (χ0v) is 4.98. The summed E-state index contributed by atoms with van der Waals surface area (Å²) < 4.78 is 9.29. The van der Waals surface area contributed by atoms with E-state index in [1.165, 1.54) is 0 Å². The van der Waals surface area contributed by atoms with Gasteiger partial charge in [-0.3, -0.25) is 4.57 Å². The van der Waals surface area contributed by atoms with Gasteiger partial charge < -0.3 is 0 Å². The molecule has 0 rings (SSSR count). The van der Waals surface area contributed by atoms with E-state index in [1.807, 2.05) is 0 Å². The molecule has 0 aromatic rings. The molecule has 0 amide bonds. The first-order chi connectivity index (χ1) is 1.91. The second-order valence-corrected chi connectivity index (χ2v) is 4.31. The van der Waals surface area contributed by atoms with Crippen molar-refractivity contribution in [3.05, 3.63) is 0 Å². The summed E-state index contributed by atoms with van der Waals surface area (Å²) in [6, 6.07) is 0. The molecule has 0 radical (unpaired) electrons. The van der Waals surface area contributed by atoms with Crippen LogP contribution in [0.5, 0.6) is 0 Å². The molecule has 0 aliphatic rings. The van der Waals surface area contributed by atoms with Crippen LogP contribution >= 0.6 is 24.2 Å². The Morgan fingerprint density at radius 1 is 2.00 bits per heavy atom. The van der Waals surface area contributed by atoms with Crippen molar-refractivity contribution in [2.75, 3.05) is 0 Å². The van der Waals surface area contributed by atoms with Crippen LogP contribution < -0.4 is 0 Å². The molecule has 0 aromatic carbocycles. The lowest BCUT2D eigenvalue weighted by molar-refractivity contribution is 0.606. The van der Waals surface area contributed by atoms with Crippen molar-refractivity contribution in [3.8, 4) is 0 Å². The quantitative estimate of drug-likeness (QED) is 0.435. The standard InChI is InChI=1S/H3OP3/c1-3-4-2/h3H,2H2. The SMILES string of the molecule is O=[PH]=PP. The van der Waals surface area contributed by atoms with Crippen molar-refractivity contribution in [1.29, 1.82) is 0 Å². The Morgan fingerprint density at radius 3 is 2.25 bits per heavy atom. The summed E-state index contributed by atoms with van der Waals surface area (Å²) in [6.07, 6.45) is 0.